The summed E-state index contributed by atoms with van der Waals surface area (Å²) in [5, 5.41) is 12.1. The molecule has 8 heteroatoms. The van der Waals surface area contributed by atoms with E-state index >= 15 is 0 Å². The highest BCUT2D eigenvalue weighted by atomic mass is 16.5. The summed E-state index contributed by atoms with van der Waals surface area (Å²) >= 11 is 0. The zero-order chi connectivity index (χ0) is 26.4. The molecule has 0 radical (unpaired) electrons. The van der Waals surface area contributed by atoms with E-state index in [1.165, 1.54) is 9.64 Å². The van der Waals surface area contributed by atoms with Crippen LogP contribution in [-0.2, 0) is 20.9 Å². The van der Waals surface area contributed by atoms with Crippen molar-refractivity contribution >= 4 is 39.2 Å². The van der Waals surface area contributed by atoms with E-state index in [1.54, 1.807) is 12.1 Å². The Morgan fingerprint density at radius 1 is 0.974 bits per heavy atom. The number of nitriles is 1. The minimum Gasteiger partial charge on any atom is -0.375 e. The van der Waals surface area contributed by atoms with Crippen molar-refractivity contribution in [3.63, 3.8) is 0 Å². The van der Waals surface area contributed by atoms with Crippen LogP contribution in [0.3, 0.4) is 0 Å². The number of amides is 2. The van der Waals surface area contributed by atoms with Gasteiger partial charge in [0.05, 0.1) is 46.2 Å². The number of aromatic nitrogens is 1. The first-order valence-corrected chi connectivity index (χ1v) is 12.9. The van der Waals surface area contributed by atoms with Gasteiger partial charge in [-0.2, -0.15) is 10.0 Å². The number of para-hydroxylation sites is 1. The first kappa shape index (κ1) is 22.9. The van der Waals surface area contributed by atoms with E-state index < -0.39 is 23.0 Å². The molecule has 7 rings (SSSR count). The number of imide groups is 1. The molecule has 0 aliphatic carbocycles. The van der Waals surface area contributed by atoms with Crippen LogP contribution in [0.5, 0.6) is 0 Å². The number of nitrogens with zero attached hydrogens (tertiary/aromatic N) is 3. The van der Waals surface area contributed by atoms with Crippen LogP contribution < -0.4 is 10.5 Å². The number of carbonyl (C=O) groups is 2. The van der Waals surface area contributed by atoms with Crippen molar-refractivity contribution in [1.82, 2.24) is 4.74 Å². The second kappa shape index (κ2) is 7.65. The molecule has 0 spiro atoms. The second-order valence-electron chi connectivity index (χ2n) is 10.9. The highest BCUT2D eigenvalue weighted by molar-refractivity contribution is 6.24. The van der Waals surface area contributed by atoms with Gasteiger partial charge in [0.1, 0.15) is 6.07 Å². The molecule has 1 aromatic heterocycles. The van der Waals surface area contributed by atoms with Crippen LogP contribution >= 0.6 is 0 Å². The maximum atomic E-state index is 14.0. The zero-order valence-electron chi connectivity index (χ0n) is 21.1. The van der Waals surface area contributed by atoms with Gasteiger partial charge in [-0.15, -0.1) is 0 Å². The molecule has 3 aromatic carbocycles. The molecule has 2 amide bonds. The van der Waals surface area contributed by atoms with E-state index in [0.717, 1.165) is 10.9 Å². The van der Waals surface area contributed by atoms with Crippen molar-refractivity contribution in [2.75, 3.05) is 4.90 Å². The number of rotatable bonds is 4. The fourth-order valence-corrected chi connectivity index (χ4v) is 7.08. The Morgan fingerprint density at radius 2 is 1.74 bits per heavy atom. The van der Waals surface area contributed by atoms with E-state index in [-0.39, 0.29) is 23.9 Å². The topological polar surface area (TPSA) is 106 Å². The highest BCUT2D eigenvalue weighted by Gasteiger charge is 2.74. The van der Waals surface area contributed by atoms with Gasteiger partial charge in [0.15, 0.2) is 5.58 Å². The highest BCUT2D eigenvalue weighted by Crippen LogP contribution is 2.62. The summed E-state index contributed by atoms with van der Waals surface area (Å²) in [7, 11) is 0. The molecular formula is C30H25N3O5. The number of carbonyl (C=O) groups excluding carboxylic acids is 2. The molecule has 2 bridgehead atoms. The van der Waals surface area contributed by atoms with Gasteiger partial charge < -0.3 is 9.26 Å². The number of fused-ring (bicyclic) bond motifs is 7. The third kappa shape index (κ3) is 2.85. The summed E-state index contributed by atoms with van der Waals surface area (Å²) in [5.74, 6) is -2.00. The molecule has 4 aromatic rings. The molecule has 3 fully saturated rings. The molecule has 8 nitrogen and oxygen atoms in total. The van der Waals surface area contributed by atoms with Crippen LogP contribution in [0.4, 0.5) is 5.69 Å². The molecule has 3 saturated heterocycles. The Hall–Kier alpha value is -4.22. The third-order valence-corrected chi connectivity index (χ3v) is 8.88. The fraction of sp³-hybridized carbons (Fsp3) is 0.333. The predicted octanol–water partition coefficient (Wildman–Crippen LogP) is 4.45. The maximum Gasteiger partial charge on any atom is 0.290 e. The Bertz CT molecular complexity index is 1800. The van der Waals surface area contributed by atoms with Crippen molar-refractivity contribution in [3.05, 3.63) is 76.1 Å². The van der Waals surface area contributed by atoms with E-state index in [2.05, 4.69) is 6.07 Å². The molecule has 3 aliphatic heterocycles. The normalized spacial score (nSPS) is 28.0. The van der Waals surface area contributed by atoms with Crippen LogP contribution in [0.1, 0.15) is 37.3 Å². The lowest BCUT2D eigenvalue weighted by Crippen LogP contribution is -2.43. The Balaban J connectivity index is 1.27. The Labute approximate surface area is 218 Å². The number of benzene rings is 3. The molecule has 4 unspecified atom stereocenters. The largest absolute Gasteiger partial charge is 0.375 e. The Morgan fingerprint density at radius 3 is 2.53 bits per heavy atom. The third-order valence-electron chi connectivity index (χ3n) is 8.88. The van der Waals surface area contributed by atoms with Gasteiger partial charge in [0, 0.05) is 5.39 Å². The van der Waals surface area contributed by atoms with Crippen LogP contribution in [0, 0.1) is 30.1 Å². The minimum absolute atomic E-state index is 0.222. The van der Waals surface area contributed by atoms with Crippen molar-refractivity contribution < 1.29 is 18.8 Å². The molecule has 38 heavy (non-hydrogen) atoms. The van der Waals surface area contributed by atoms with Gasteiger partial charge in [-0.25, -0.2) is 4.90 Å². The molecule has 3 aliphatic rings. The molecule has 4 heterocycles. The van der Waals surface area contributed by atoms with E-state index in [0.29, 0.717) is 46.9 Å². The first-order valence-electron chi connectivity index (χ1n) is 12.9. The second-order valence-corrected chi connectivity index (χ2v) is 10.9. The quantitative estimate of drug-likeness (QED) is 0.378. The summed E-state index contributed by atoms with van der Waals surface area (Å²) in [6.45, 7) is 4.02. The lowest BCUT2D eigenvalue weighted by molar-refractivity contribution is -0.131. The summed E-state index contributed by atoms with van der Waals surface area (Å²) in [6, 6.07) is 18.6. The number of ether oxygens (including phenoxy) is 1. The SMILES string of the molecule is Cc1cccc2c(=O)n(CCC34CCC(C)(O3)C3C(=O)N(c5ccc6ccccc6c5C#N)C(=O)C34)oc12. The average Bonchev–Trinajstić information content (AvgIpc) is 3.59. The van der Waals surface area contributed by atoms with Gasteiger partial charge in [0.25, 0.3) is 5.56 Å². The maximum absolute atomic E-state index is 14.0. The van der Waals surface area contributed by atoms with Gasteiger partial charge >= 0.3 is 0 Å². The van der Waals surface area contributed by atoms with Crippen molar-refractivity contribution in [3.8, 4) is 6.07 Å². The monoisotopic (exact) mass is 507 g/mol. The summed E-state index contributed by atoms with van der Waals surface area (Å²) in [5.41, 5.74) is 0.150. The van der Waals surface area contributed by atoms with Gasteiger partial charge in [0.2, 0.25) is 11.8 Å². The lowest BCUT2D eigenvalue weighted by atomic mass is 9.67. The molecular weight excluding hydrogens is 482 g/mol. The van der Waals surface area contributed by atoms with Crippen LogP contribution in [0.15, 0.2) is 63.9 Å². The van der Waals surface area contributed by atoms with Gasteiger partial charge in [-0.05, 0) is 56.2 Å². The van der Waals surface area contributed by atoms with Crippen LogP contribution in [0.2, 0.25) is 0 Å². The minimum atomic E-state index is -0.891. The number of aryl methyl sites for hydroxylation is 2. The van der Waals surface area contributed by atoms with Crippen molar-refractivity contribution in [2.24, 2.45) is 11.8 Å². The molecule has 0 N–H and O–H groups in total. The van der Waals surface area contributed by atoms with E-state index in [1.807, 2.05) is 56.3 Å². The van der Waals surface area contributed by atoms with Gasteiger partial charge in [-0.1, -0.05) is 42.5 Å². The van der Waals surface area contributed by atoms with Crippen molar-refractivity contribution in [1.29, 1.82) is 5.26 Å². The molecule has 0 saturated carbocycles. The summed E-state index contributed by atoms with van der Waals surface area (Å²) in [4.78, 5) is 42.1. The lowest BCUT2D eigenvalue weighted by Gasteiger charge is -2.31. The average molecular weight is 508 g/mol. The summed E-state index contributed by atoms with van der Waals surface area (Å²) < 4.78 is 13.8. The number of anilines is 1. The van der Waals surface area contributed by atoms with E-state index in [4.69, 9.17) is 9.26 Å². The molecule has 4 atom stereocenters. The van der Waals surface area contributed by atoms with Crippen molar-refractivity contribution in [2.45, 2.75) is 50.9 Å². The van der Waals surface area contributed by atoms with Gasteiger partial charge in [-0.3, -0.25) is 14.4 Å². The number of hydrogen-bond donors (Lipinski definition) is 0. The van der Waals surface area contributed by atoms with Crippen LogP contribution in [-0.4, -0.2) is 27.8 Å². The Kier molecular flexibility index (Phi) is 4.62. The first-order chi connectivity index (χ1) is 18.3. The smallest absolute Gasteiger partial charge is 0.290 e. The van der Waals surface area contributed by atoms with Crippen LogP contribution in [0.25, 0.3) is 21.7 Å². The zero-order valence-corrected chi connectivity index (χ0v) is 21.1. The standard InChI is InChI=1S/C30H25N3O5/c1-17-6-5-9-20-25(17)37-32(26(20)34)15-14-30-13-12-29(2,38-30)23-24(30)28(36)33(27(23)35)22-11-10-18-7-3-4-8-19(18)21(22)16-31/h3-11,23-24H,12-15H2,1-2H3. The fourth-order valence-electron chi connectivity index (χ4n) is 7.08. The van der Waals surface area contributed by atoms with E-state index in [9.17, 15) is 19.6 Å². The molecule has 190 valence electrons. The number of hydrogen-bond acceptors (Lipinski definition) is 6. The predicted molar refractivity (Wildman–Crippen MR) is 139 cm³/mol. The summed E-state index contributed by atoms with van der Waals surface area (Å²) in [6.07, 6.45) is 1.60.